The number of thiocarbonyl (C=S) groups is 1. The number of anilines is 1. The highest BCUT2D eigenvalue weighted by Gasteiger charge is 2.18. The summed E-state index contributed by atoms with van der Waals surface area (Å²) in [6.45, 7) is 0.377. The van der Waals surface area contributed by atoms with Crippen molar-refractivity contribution in [3.8, 4) is 6.07 Å². The van der Waals surface area contributed by atoms with E-state index in [0.717, 1.165) is 11.3 Å². The minimum absolute atomic E-state index is 0.0969. The Bertz CT molecular complexity index is 751. The summed E-state index contributed by atoms with van der Waals surface area (Å²) in [5, 5.41) is 24.9. The lowest BCUT2D eigenvalue weighted by Crippen LogP contribution is -2.37. The summed E-state index contributed by atoms with van der Waals surface area (Å²) >= 11 is 11.1. The molecule has 0 saturated heterocycles. The number of aliphatic hydroxyl groups excluding tert-OH is 1. The van der Waals surface area contributed by atoms with Crippen LogP contribution in [-0.2, 0) is 11.2 Å². The zero-order valence-corrected chi connectivity index (χ0v) is 15.0. The second-order valence-corrected chi connectivity index (χ2v) is 6.48. The summed E-state index contributed by atoms with van der Waals surface area (Å²) in [4.78, 5) is 12.7. The predicted molar refractivity (Wildman–Crippen MR) is 102 cm³/mol. The molecule has 0 heterocycles. The fourth-order valence-electron chi connectivity index (χ4n) is 2.21. The van der Waals surface area contributed by atoms with Gasteiger partial charge in [0, 0.05) is 35.1 Å². The van der Waals surface area contributed by atoms with E-state index in [0.29, 0.717) is 28.3 Å². The Balaban J connectivity index is 1.78. The molecule has 1 aliphatic carbocycles. The van der Waals surface area contributed by atoms with Crippen LogP contribution in [0.25, 0.3) is 0 Å². The molecule has 3 N–H and O–H groups in total. The Labute approximate surface area is 157 Å². The first kappa shape index (κ1) is 19.1. The third-order valence-electron chi connectivity index (χ3n) is 3.59. The van der Waals surface area contributed by atoms with Gasteiger partial charge in [-0.1, -0.05) is 42.0 Å². The molecule has 1 aromatic rings. The van der Waals surface area contributed by atoms with E-state index in [1.807, 2.05) is 24.3 Å². The number of amides is 1. The van der Waals surface area contributed by atoms with Crippen molar-refractivity contribution in [3.63, 3.8) is 0 Å². The molecule has 0 saturated carbocycles. The molecule has 0 spiro atoms. The van der Waals surface area contributed by atoms with E-state index >= 15 is 0 Å². The first-order valence-electron chi connectivity index (χ1n) is 7.76. The number of carbonyl (C=O) groups excluding carboxylic acids is 1. The van der Waals surface area contributed by atoms with Crippen molar-refractivity contribution >= 4 is 40.3 Å². The molecule has 0 aromatic heterocycles. The van der Waals surface area contributed by atoms with E-state index in [1.54, 1.807) is 6.08 Å². The maximum Gasteiger partial charge on any atom is 0.252 e. The minimum atomic E-state index is -0.758. The molecule has 1 unspecified atom stereocenters. The Kier molecular flexibility index (Phi) is 7.14. The van der Waals surface area contributed by atoms with Gasteiger partial charge in [-0.2, -0.15) is 5.26 Å². The van der Waals surface area contributed by atoms with Gasteiger partial charge >= 0.3 is 0 Å². The zero-order chi connectivity index (χ0) is 18.2. The van der Waals surface area contributed by atoms with Crippen LogP contribution >= 0.6 is 23.8 Å². The third kappa shape index (κ3) is 5.98. The van der Waals surface area contributed by atoms with Crippen LogP contribution in [0.1, 0.15) is 12.0 Å². The van der Waals surface area contributed by atoms with Gasteiger partial charge < -0.3 is 15.7 Å². The quantitative estimate of drug-likeness (QED) is 0.637. The van der Waals surface area contributed by atoms with Gasteiger partial charge in [0.2, 0.25) is 0 Å². The van der Waals surface area contributed by atoms with E-state index in [1.165, 1.54) is 6.08 Å². The van der Waals surface area contributed by atoms with Crippen LogP contribution in [-0.4, -0.2) is 35.1 Å². The molecule has 7 heteroatoms. The van der Waals surface area contributed by atoms with Crippen LogP contribution in [0, 0.1) is 11.3 Å². The predicted octanol–water partition coefficient (Wildman–Crippen LogP) is 2.46. The summed E-state index contributed by atoms with van der Waals surface area (Å²) in [6, 6.07) is 9.49. The topological polar surface area (TPSA) is 85.2 Å². The fraction of sp³-hybridized carbons (Fsp3) is 0.278. The van der Waals surface area contributed by atoms with Crippen LogP contribution in [0.3, 0.4) is 0 Å². The highest BCUT2D eigenvalue weighted by molar-refractivity contribution is 7.81. The summed E-state index contributed by atoms with van der Waals surface area (Å²) in [6.07, 6.45) is 3.37. The number of aliphatic hydroxyl groups is 1. The van der Waals surface area contributed by atoms with Crippen LogP contribution in [0.15, 0.2) is 47.0 Å². The molecule has 1 aromatic carbocycles. The number of nitrogens with zero attached hydrogens (tertiary/aromatic N) is 1. The van der Waals surface area contributed by atoms with Gasteiger partial charge in [-0.15, -0.1) is 0 Å². The first-order valence-corrected chi connectivity index (χ1v) is 8.55. The van der Waals surface area contributed by atoms with Crippen molar-refractivity contribution in [2.75, 3.05) is 18.4 Å². The van der Waals surface area contributed by atoms with Gasteiger partial charge in [-0.05, 0) is 23.8 Å². The molecule has 0 bridgehead atoms. The van der Waals surface area contributed by atoms with Gasteiger partial charge in [0.15, 0.2) is 0 Å². The van der Waals surface area contributed by atoms with Gasteiger partial charge in [-0.3, -0.25) is 4.79 Å². The number of benzene rings is 1. The van der Waals surface area contributed by atoms with Crippen LogP contribution in [0.2, 0.25) is 0 Å². The van der Waals surface area contributed by atoms with Crippen molar-refractivity contribution in [1.29, 1.82) is 5.26 Å². The Morgan fingerprint density at radius 1 is 1.36 bits per heavy atom. The molecule has 2 rings (SSSR count). The lowest BCUT2D eigenvalue weighted by atomic mass is 10.0. The number of hydrogen-bond donors (Lipinski definition) is 3. The molecule has 5 nitrogen and oxygen atoms in total. The van der Waals surface area contributed by atoms with Crippen molar-refractivity contribution in [2.45, 2.75) is 18.9 Å². The Hall–Kier alpha value is -2.20. The lowest BCUT2D eigenvalue weighted by Gasteiger charge is -2.16. The number of halogens is 1. The van der Waals surface area contributed by atoms with Crippen LogP contribution in [0.5, 0.6) is 0 Å². The molecular formula is C18H18ClN3O2S. The second-order valence-electron chi connectivity index (χ2n) is 5.55. The Morgan fingerprint density at radius 3 is 2.76 bits per heavy atom. The lowest BCUT2D eigenvalue weighted by molar-refractivity contribution is -0.117. The summed E-state index contributed by atoms with van der Waals surface area (Å²) in [5.74, 6) is -0.337. The van der Waals surface area contributed by atoms with Gasteiger partial charge in [0.05, 0.1) is 24.2 Å². The van der Waals surface area contributed by atoms with E-state index in [4.69, 9.17) is 29.1 Å². The normalized spacial score (nSPS) is 14.8. The molecule has 1 atom stereocenters. The van der Waals surface area contributed by atoms with E-state index in [2.05, 4.69) is 16.7 Å². The zero-order valence-electron chi connectivity index (χ0n) is 13.5. The smallest absolute Gasteiger partial charge is 0.252 e. The van der Waals surface area contributed by atoms with Gasteiger partial charge in [-0.25, -0.2) is 0 Å². The number of nitriles is 1. The monoisotopic (exact) mass is 375 g/mol. The Morgan fingerprint density at radius 2 is 2.08 bits per heavy atom. The van der Waals surface area contributed by atoms with Crippen molar-refractivity contribution in [2.24, 2.45) is 0 Å². The molecule has 130 valence electrons. The number of hydrogen-bond acceptors (Lipinski definition) is 5. The van der Waals surface area contributed by atoms with Crippen LogP contribution < -0.4 is 10.6 Å². The van der Waals surface area contributed by atoms with Crippen molar-refractivity contribution in [1.82, 2.24) is 5.32 Å². The van der Waals surface area contributed by atoms with E-state index in [-0.39, 0.29) is 19.0 Å². The SMILES string of the molecule is N#CCc1ccc(NCC(O)CNC(=O)C2=CC(Cl)=CCC2=S)cc1. The van der Waals surface area contributed by atoms with E-state index < -0.39 is 6.10 Å². The van der Waals surface area contributed by atoms with Crippen molar-refractivity contribution < 1.29 is 9.90 Å². The minimum Gasteiger partial charge on any atom is -0.389 e. The first-order chi connectivity index (χ1) is 12.0. The molecule has 1 aliphatic rings. The highest BCUT2D eigenvalue weighted by atomic mass is 35.5. The van der Waals surface area contributed by atoms with E-state index in [9.17, 15) is 9.90 Å². The number of nitrogens with one attached hydrogen (secondary N) is 2. The standard InChI is InChI=1S/C18H18ClN3O2S/c19-13-3-6-17(25)16(9-13)18(24)22-11-15(23)10-21-14-4-1-12(2-5-14)7-8-20/h1-5,9,15,21,23H,6-7,10-11H2,(H,22,24). The molecule has 0 fully saturated rings. The number of carbonyl (C=O) groups is 1. The molecule has 25 heavy (non-hydrogen) atoms. The third-order valence-corrected chi connectivity index (χ3v) is 4.24. The van der Waals surface area contributed by atoms with Gasteiger partial charge in [0.25, 0.3) is 5.91 Å². The average molecular weight is 376 g/mol. The molecule has 1 amide bonds. The summed E-state index contributed by atoms with van der Waals surface area (Å²) in [7, 11) is 0. The maximum atomic E-state index is 12.1. The van der Waals surface area contributed by atoms with Crippen molar-refractivity contribution in [3.05, 3.63) is 52.6 Å². The fourth-order valence-corrected chi connectivity index (χ4v) is 2.64. The summed E-state index contributed by atoms with van der Waals surface area (Å²) < 4.78 is 0. The summed E-state index contributed by atoms with van der Waals surface area (Å²) in [5.41, 5.74) is 2.14. The molecule has 0 radical (unpaired) electrons. The second kappa shape index (κ2) is 9.33. The average Bonchev–Trinajstić information content (AvgIpc) is 2.61. The number of allylic oxidation sites excluding steroid dienone is 3. The van der Waals surface area contributed by atoms with Gasteiger partial charge in [0.1, 0.15) is 0 Å². The molecular weight excluding hydrogens is 358 g/mol. The largest absolute Gasteiger partial charge is 0.389 e. The van der Waals surface area contributed by atoms with Crippen LogP contribution in [0.4, 0.5) is 5.69 Å². The molecule has 0 aliphatic heterocycles. The maximum absolute atomic E-state index is 12.1. The number of rotatable bonds is 7. The highest BCUT2D eigenvalue weighted by Crippen LogP contribution is 2.18.